The lowest BCUT2D eigenvalue weighted by molar-refractivity contribution is -0.135. The van der Waals surface area contributed by atoms with Crippen LogP contribution in [0.2, 0.25) is 0 Å². The third-order valence-electron chi connectivity index (χ3n) is 5.72. The second kappa shape index (κ2) is 7.71. The molecule has 7 aromatic heterocycles. The maximum atomic E-state index is 13.7. The van der Waals surface area contributed by atoms with E-state index in [0.29, 0.717) is 30.7 Å². The minimum absolute atomic E-state index is 0.0405. The molecule has 0 fully saturated rings. The van der Waals surface area contributed by atoms with Crippen molar-refractivity contribution in [3.8, 4) is 0 Å². The van der Waals surface area contributed by atoms with Crippen molar-refractivity contribution in [3.63, 3.8) is 0 Å². The Hall–Kier alpha value is -1.38. The Morgan fingerprint density at radius 1 is 0.282 bits per heavy atom. The van der Waals surface area contributed by atoms with Gasteiger partial charge >= 0.3 is 24.7 Å². The van der Waals surface area contributed by atoms with E-state index in [2.05, 4.69) is 0 Å². The van der Waals surface area contributed by atoms with Crippen LogP contribution < -0.4 is 0 Å². The molecule has 7 rings (SSSR count). The Bertz CT molecular complexity index is 1970. The molecule has 0 amide bonds. The maximum Gasteiger partial charge on any atom is 0.427 e. The lowest BCUT2D eigenvalue weighted by Gasteiger charge is -2.04. The normalized spacial score (nSPS) is 14.7. The summed E-state index contributed by atoms with van der Waals surface area (Å²) in [6, 6.07) is 0. The molecular formula is C20F12S7. The van der Waals surface area contributed by atoms with Crippen molar-refractivity contribution in [2.24, 2.45) is 0 Å². The number of fused-ring (bicyclic) bond motifs is 11. The van der Waals surface area contributed by atoms with Crippen molar-refractivity contribution in [1.29, 1.82) is 0 Å². The molecule has 0 nitrogen and oxygen atoms in total. The molecule has 19 heteroatoms. The van der Waals surface area contributed by atoms with Gasteiger partial charge in [-0.2, -0.15) is 52.7 Å². The summed E-state index contributed by atoms with van der Waals surface area (Å²) in [5.41, 5.74) is 0. The first-order valence-corrected chi connectivity index (χ1v) is 15.6. The van der Waals surface area contributed by atoms with Gasteiger partial charge in [-0.15, -0.1) is 79.4 Å². The Balaban J connectivity index is 1.63. The van der Waals surface area contributed by atoms with Gasteiger partial charge in [-0.25, -0.2) is 0 Å². The van der Waals surface area contributed by atoms with Gasteiger partial charge in [0, 0.05) is 21.5 Å². The SMILES string of the molecule is FC(F)(F)c1sc(C(F)(F)F)c2c1sc1c2sc2sc3sc4c(sc5c(C(F)(F)F)sc(C(F)(F)F)c54)c3c21. The number of rotatable bonds is 0. The van der Waals surface area contributed by atoms with Gasteiger partial charge in [0.1, 0.15) is 19.5 Å². The van der Waals surface area contributed by atoms with E-state index in [1.54, 1.807) is 0 Å². The topological polar surface area (TPSA) is 0 Å². The zero-order valence-corrected chi connectivity index (χ0v) is 23.1. The van der Waals surface area contributed by atoms with Crippen molar-refractivity contribution in [2.75, 3.05) is 0 Å². The molecule has 206 valence electrons. The molecule has 0 bridgehead atoms. The standard InChI is InChI=1S/C20F12S7/c21-17(22,23)11-3-7-5(33-9(3)13(37-11)19(27,28)29)1-2-6-8(36-16(2)39-15(1)35-7)4-10(34-6)14(20(30,31)32)38-12(4)18(24,25)26. The number of alkyl halides is 12. The van der Waals surface area contributed by atoms with Gasteiger partial charge in [-0.05, 0) is 0 Å². The summed E-state index contributed by atoms with van der Waals surface area (Å²) in [6.45, 7) is 0. The van der Waals surface area contributed by atoms with E-state index in [1.807, 2.05) is 0 Å². The first-order chi connectivity index (χ1) is 17.9. The van der Waals surface area contributed by atoms with Crippen molar-refractivity contribution >= 4 is 137 Å². The Morgan fingerprint density at radius 2 is 0.590 bits per heavy atom. The molecule has 0 atom stereocenters. The fourth-order valence-corrected chi connectivity index (χ4v) is 14.6. The Morgan fingerprint density at radius 3 is 0.897 bits per heavy atom. The fourth-order valence-electron chi connectivity index (χ4n) is 4.39. The molecule has 0 aliphatic rings. The molecular weight excluding hydrogens is 693 g/mol. The van der Waals surface area contributed by atoms with Crippen LogP contribution in [0.5, 0.6) is 0 Å². The van der Waals surface area contributed by atoms with Crippen LogP contribution in [-0.2, 0) is 24.7 Å². The molecule has 39 heavy (non-hydrogen) atoms. The maximum absolute atomic E-state index is 13.7. The highest BCUT2D eigenvalue weighted by molar-refractivity contribution is 7.55. The van der Waals surface area contributed by atoms with Gasteiger partial charge < -0.3 is 0 Å². The van der Waals surface area contributed by atoms with Crippen LogP contribution in [0.1, 0.15) is 19.5 Å². The smallest absolute Gasteiger partial charge is 0.165 e. The molecule has 0 aliphatic carbocycles. The summed E-state index contributed by atoms with van der Waals surface area (Å²) in [6.07, 6.45) is -20.2. The molecule has 0 aromatic carbocycles. The van der Waals surface area contributed by atoms with Crippen molar-refractivity contribution in [2.45, 2.75) is 24.7 Å². The van der Waals surface area contributed by atoms with E-state index in [0.717, 1.165) is 34.0 Å². The summed E-state index contributed by atoms with van der Waals surface area (Å²) in [7, 11) is 0. The molecule has 7 aromatic rings. The lowest BCUT2D eigenvalue weighted by atomic mass is 10.2. The van der Waals surface area contributed by atoms with Crippen LogP contribution in [0.15, 0.2) is 0 Å². The highest BCUT2D eigenvalue weighted by Gasteiger charge is 2.46. The van der Waals surface area contributed by atoms with Crippen molar-refractivity contribution in [1.82, 2.24) is 0 Å². The molecule has 0 radical (unpaired) electrons. The highest BCUT2D eigenvalue weighted by Crippen LogP contribution is 2.62. The Kier molecular flexibility index (Phi) is 5.24. The average Bonchev–Trinajstić information content (AvgIpc) is 3.51. The second-order valence-electron chi connectivity index (χ2n) is 8.07. The monoisotopic (exact) mass is 692 g/mol. The zero-order chi connectivity index (χ0) is 28.2. The zero-order valence-electron chi connectivity index (χ0n) is 17.4. The predicted molar refractivity (Wildman–Crippen MR) is 137 cm³/mol. The molecule has 0 saturated carbocycles. The quantitative estimate of drug-likeness (QED) is 0.139. The molecule has 0 saturated heterocycles. The summed E-state index contributed by atoms with van der Waals surface area (Å²) in [5.74, 6) is 0. The molecule has 0 spiro atoms. The van der Waals surface area contributed by atoms with Gasteiger partial charge in [0.2, 0.25) is 0 Å². The van der Waals surface area contributed by atoms with Gasteiger partial charge in [-0.1, -0.05) is 0 Å². The molecule has 0 aliphatic heterocycles. The summed E-state index contributed by atoms with van der Waals surface area (Å²) in [5, 5.41) is -0.664. The molecule has 7 heterocycles. The van der Waals surface area contributed by atoms with Crippen molar-refractivity contribution in [3.05, 3.63) is 19.5 Å². The number of thiophene rings is 7. The van der Waals surface area contributed by atoms with E-state index in [4.69, 9.17) is 0 Å². The predicted octanol–water partition coefficient (Wildman–Crippen LogP) is 13.1. The van der Waals surface area contributed by atoms with Crippen LogP contribution in [0.25, 0.3) is 57.8 Å². The van der Waals surface area contributed by atoms with Crippen LogP contribution >= 0.6 is 79.4 Å². The fraction of sp³-hybridized carbons (Fsp3) is 0.200. The van der Waals surface area contributed by atoms with E-state index in [9.17, 15) is 52.7 Å². The van der Waals surface area contributed by atoms with E-state index in [1.165, 1.54) is 0 Å². The number of halogens is 12. The highest BCUT2D eigenvalue weighted by atomic mass is 32.2. The minimum Gasteiger partial charge on any atom is -0.165 e. The molecule has 0 unspecified atom stereocenters. The summed E-state index contributed by atoms with van der Waals surface area (Å²) in [4.78, 5) is -5.63. The number of hydrogen-bond acceptors (Lipinski definition) is 7. The van der Waals surface area contributed by atoms with Crippen LogP contribution in [-0.4, -0.2) is 0 Å². The second-order valence-corrected chi connectivity index (χ2v) is 15.7. The lowest BCUT2D eigenvalue weighted by Crippen LogP contribution is -2.03. The van der Waals surface area contributed by atoms with Gasteiger partial charge in [0.15, 0.2) is 0 Å². The first kappa shape index (κ1) is 26.5. The number of hydrogen-bond donors (Lipinski definition) is 0. The van der Waals surface area contributed by atoms with Crippen LogP contribution in [0.3, 0.4) is 0 Å². The first-order valence-electron chi connectivity index (χ1n) is 9.88. The Labute approximate surface area is 232 Å². The van der Waals surface area contributed by atoms with Gasteiger partial charge in [0.05, 0.1) is 36.2 Å². The molecule has 0 N–H and O–H groups in total. The van der Waals surface area contributed by atoms with E-state index < -0.39 is 87.1 Å². The van der Waals surface area contributed by atoms with Gasteiger partial charge in [-0.3, -0.25) is 0 Å². The largest absolute Gasteiger partial charge is 0.427 e. The minimum atomic E-state index is -5.07. The van der Waals surface area contributed by atoms with Gasteiger partial charge in [0.25, 0.3) is 0 Å². The summed E-state index contributed by atoms with van der Waals surface area (Å²) >= 11 is 2.92. The van der Waals surface area contributed by atoms with E-state index >= 15 is 0 Å². The summed E-state index contributed by atoms with van der Waals surface area (Å²) < 4.78 is 164. The third-order valence-corrected chi connectivity index (χ3v) is 15.0. The van der Waals surface area contributed by atoms with Crippen LogP contribution in [0.4, 0.5) is 52.7 Å². The van der Waals surface area contributed by atoms with Crippen molar-refractivity contribution < 1.29 is 52.7 Å². The average molecular weight is 693 g/mol. The third kappa shape index (κ3) is 3.59. The van der Waals surface area contributed by atoms with E-state index in [-0.39, 0.29) is 29.6 Å². The van der Waals surface area contributed by atoms with Crippen LogP contribution in [0, 0.1) is 0 Å².